The average molecular weight is 473 g/mol. The Bertz CT molecular complexity index is 909. The Morgan fingerprint density at radius 3 is 2.31 bits per heavy atom. The minimum absolute atomic E-state index is 0.0117. The van der Waals surface area contributed by atoms with Gasteiger partial charge in [-0.3, -0.25) is 9.59 Å². The number of methoxy groups -OCH3 is 1. The van der Waals surface area contributed by atoms with Crippen molar-refractivity contribution >= 4 is 28.3 Å². The molecule has 0 unspecified atom stereocenters. The highest BCUT2D eigenvalue weighted by Gasteiger charge is 2.34. The van der Waals surface area contributed by atoms with Crippen LogP contribution in [-0.4, -0.2) is 65.0 Å². The van der Waals surface area contributed by atoms with Gasteiger partial charge >= 0.3 is 0 Å². The molecule has 12 heteroatoms. The summed E-state index contributed by atoms with van der Waals surface area (Å²) in [5, 5.41) is 28.2. The first-order valence-electron chi connectivity index (χ1n) is 9.69. The van der Waals surface area contributed by atoms with Gasteiger partial charge < -0.3 is 31.3 Å². The molecule has 1 aromatic heterocycles. The van der Waals surface area contributed by atoms with Crippen LogP contribution in [0.15, 0.2) is 23.6 Å². The van der Waals surface area contributed by atoms with Gasteiger partial charge in [0.15, 0.2) is 5.13 Å². The molecule has 9 nitrogen and oxygen atoms in total. The molecule has 4 atom stereocenters. The molecule has 2 aromatic rings. The lowest BCUT2D eigenvalue weighted by atomic mass is 9.92. The largest absolute Gasteiger partial charge is 0.388 e. The molecule has 0 saturated carbocycles. The number of hydrogen-bond acceptors (Lipinski definition) is 8. The lowest BCUT2D eigenvalue weighted by molar-refractivity contribution is -0.121. The van der Waals surface area contributed by atoms with Gasteiger partial charge in [-0.05, 0) is 30.5 Å². The van der Waals surface area contributed by atoms with Crippen LogP contribution < -0.4 is 16.4 Å². The molecule has 0 radical (unpaired) electrons. The number of benzene rings is 1. The Balaban J connectivity index is 2.29. The van der Waals surface area contributed by atoms with Crippen LogP contribution in [0.3, 0.4) is 0 Å². The minimum Gasteiger partial charge on any atom is -0.388 e. The van der Waals surface area contributed by atoms with Gasteiger partial charge in [-0.15, -0.1) is 11.3 Å². The number of nitrogens with zero attached hydrogens (tertiary/aromatic N) is 1. The van der Waals surface area contributed by atoms with Crippen molar-refractivity contribution < 1.29 is 33.3 Å². The maximum absolute atomic E-state index is 13.7. The highest BCUT2D eigenvalue weighted by atomic mass is 32.1. The zero-order valence-corrected chi connectivity index (χ0v) is 18.4. The van der Waals surface area contributed by atoms with Crippen molar-refractivity contribution in [3.05, 3.63) is 46.5 Å². The molecule has 0 fully saturated rings. The molecular formula is C20H26F2N4O5S. The Morgan fingerprint density at radius 2 is 1.78 bits per heavy atom. The normalized spacial score (nSPS) is 14.9. The number of aromatic nitrogens is 1. The van der Waals surface area contributed by atoms with E-state index in [-0.39, 0.29) is 35.8 Å². The summed E-state index contributed by atoms with van der Waals surface area (Å²) in [6.45, 7) is 1.43. The van der Waals surface area contributed by atoms with Gasteiger partial charge in [0.2, 0.25) is 5.91 Å². The third-order valence-corrected chi connectivity index (χ3v) is 5.32. The maximum atomic E-state index is 13.7. The Kier molecular flexibility index (Phi) is 9.44. The van der Waals surface area contributed by atoms with Crippen molar-refractivity contribution in [3.8, 4) is 0 Å². The van der Waals surface area contributed by atoms with Crippen molar-refractivity contribution in [3.63, 3.8) is 0 Å². The van der Waals surface area contributed by atoms with Gasteiger partial charge in [-0.2, -0.15) is 0 Å². The summed E-state index contributed by atoms with van der Waals surface area (Å²) in [5.41, 5.74) is 5.68. The van der Waals surface area contributed by atoms with Gasteiger partial charge in [0.05, 0.1) is 12.1 Å². The summed E-state index contributed by atoms with van der Waals surface area (Å²) in [4.78, 5) is 28.0. The van der Waals surface area contributed by atoms with Gasteiger partial charge in [-0.1, -0.05) is 0 Å². The summed E-state index contributed by atoms with van der Waals surface area (Å²) in [5.74, 6) is -2.80. The van der Waals surface area contributed by atoms with E-state index >= 15 is 0 Å². The highest BCUT2D eigenvalue weighted by molar-refractivity contribution is 7.13. The van der Waals surface area contributed by atoms with Crippen LogP contribution in [0.5, 0.6) is 0 Å². The standard InChI is InChI=1S/C20H26F2N4O5S/c1-10(27)24-14(3-4-31-2)17(28)18(29)15(7-11-5-12(21)8-13(22)6-11)25-19(30)16-9-32-20(23)26-16/h5-6,8-9,14-15,17-18,28-29H,3-4,7H2,1-2H3,(H2,23,26)(H,24,27)(H,25,30)/t14-,15+,17-,18-/m1/s1. The molecule has 0 saturated heterocycles. The number of hydrogen-bond donors (Lipinski definition) is 5. The molecule has 176 valence electrons. The highest BCUT2D eigenvalue weighted by Crippen LogP contribution is 2.17. The summed E-state index contributed by atoms with van der Waals surface area (Å²) < 4.78 is 32.3. The molecule has 0 aliphatic rings. The summed E-state index contributed by atoms with van der Waals surface area (Å²) in [7, 11) is 1.44. The van der Waals surface area contributed by atoms with Gasteiger partial charge in [0.25, 0.3) is 5.91 Å². The smallest absolute Gasteiger partial charge is 0.271 e. The lowest BCUT2D eigenvalue weighted by Crippen LogP contribution is -2.56. The number of halogens is 2. The number of nitrogens with two attached hydrogens (primary N) is 1. The van der Waals surface area contributed by atoms with Crippen molar-refractivity contribution in [2.24, 2.45) is 0 Å². The lowest BCUT2D eigenvalue weighted by Gasteiger charge is -2.32. The molecule has 2 rings (SSSR count). The van der Waals surface area contributed by atoms with Crippen LogP contribution in [-0.2, 0) is 16.0 Å². The van der Waals surface area contributed by atoms with Crippen molar-refractivity contribution in [2.45, 2.75) is 44.1 Å². The predicted octanol–water partition coefficient (Wildman–Crippen LogP) is 0.608. The van der Waals surface area contributed by atoms with Crippen molar-refractivity contribution in [1.82, 2.24) is 15.6 Å². The fraction of sp³-hybridized carbons (Fsp3) is 0.450. The number of carbonyl (C=O) groups is 2. The van der Waals surface area contributed by atoms with E-state index in [1.54, 1.807) is 0 Å². The number of carbonyl (C=O) groups excluding carboxylic acids is 2. The number of amides is 2. The van der Waals surface area contributed by atoms with Crippen LogP contribution >= 0.6 is 11.3 Å². The van der Waals surface area contributed by atoms with E-state index in [4.69, 9.17) is 10.5 Å². The molecular weight excluding hydrogens is 446 g/mol. The molecule has 6 N–H and O–H groups in total. The van der Waals surface area contributed by atoms with Crippen LogP contribution in [0.25, 0.3) is 0 Å². The first kappa shape index (κ1) is 25.6. The Morgan fingerprint density at radius 1 is 1.16 bits per heavy atom. The quantitative estimate of drug-likeness (QED) is 0.322. The van der Waals surface area contributed by atoms with Gasteiger partial charge in [0.1, 0.15) is 29.5 Å². The summed E-state index contributed by atoms with van der Waals surface area (Å²) >= 11 is 1.04. The molecule has 1 heterocycles. The van der Waals surface area contributed by atoms with Crippen LogP contribution in [0.4, 0.5) is 13.9 Å². The Hall–Kier alpha value is -2.67. The van der Waals surface area contributed by atoms with Gasteiger partial charge in [-0.25, -0.2) is 13.8 Å². The molecule has 32 heavy (non-hydrogen) atoms. The first-order chi connectivity index (χ1) is 15.1. The monoisotopic (exact) mass is 472 g/mol. The van der Waals surface area contributed by atoms with E-state index in [0.29, 0.717) is 6.07 Å². The zero-order valence-electron chi connectivity index (χ0n) is 17.5. The number of nitrogen functional groups attached to an aromatic ring is 1. The second kappa shape index (κ2) is 11.8. The van der Waals surface area contributed by atoms with E-state index < -0.39 is 47.7 Å². The van der Waals surface area contributed by atoms with Crippen molar-refractivity contribution in [2.75, 3.05) is 19.5 Å². The molecule has 0 spiro atoms. The summed E-state index contributed by atoms with van der Waals surface area (Å²) in [6, 6.07) is 0.718. The van der Waals surface area contributed by atoms with E-state index in [1.807, 2.05) is 0 Å². The molecule has 0 aliphatic carbocycles. The second-order valence-electron chi connectivity index (χ2n) is 7.20. The number of nitrogens with one attached hydrogen (secondary N) is 2. The fourth-order valence-corrected chi connectivity index (χ4v) is 3.73. The van der Waals surface area contributed by atoms with Crippen LogP contribution in [0, 0.1) is 11.6 Å². The number of anilines is 1. The SMILES string of the molecule is COCC[C@@H](NC(C)=O)[C@@H](O)[C@H](O)[C@H](Cc1cc(F)cc(F)c1)NC(=O)c1csc(N)n1. The number of rotatable bonds is 11. The molecule has 1 aromatic carbocycles. The number of aliphatic hydroxyl groups is 2. The van der Waals surface area contributed by atoms with Crippen LogP contribution in [0.1, 0.15) is 29.4 Å². The third-order valence-electron chi connectivity index (χ3n) is 4.65. The van der Waals surface area contributed by atoms with E-state index in [0.717, 1.165) is 23.5 Å². The molecule has 2 amide bonds. The number of aliphatic hydroxyl groups excluding tert-OH is 2. The topological polar surface area (TPSA) is 147 Å². The van der Waals surface area contributed by atoms with E-state index in [9.17, 15) is 28.6 Å². The van der Waals surface area contributed by atoms with Crippen molar-refractivity contribution in [1.29, 1.82) is 0 Å². The molecule has 0 aliphatic heterocycles. The van der Waals surface area contributed by atoms with E-state index in [1.165, 1.54) is 19.4 Å². The van der Waals surface area contributed by atoms with Gasteiger partial charge in [0, 0.05) is 32.1 Å². The fourth-order valence-electron chi connectivity index (χ4n) is 3.18. The second-order valence-corrected chi connectivity index (χ2v) is 8.09. The van der Waals surface area contributed by atoms with E-state index in [2.05, 4.69) is 15.6 Å². The number of ether oxygens (including phenoxy) is 1. The summed E-state index contributed by atoms with van der Waals surface area (Å²) in [6.07, 6.45) is -3.19. The first-order valence-corrected chi connectivity index (χ1v) is 10.6. The third kappa shape index (κ3) is 7.48. The van der Waals surface area contributed by atoms with Crippen LogP contribution in [0.2, 0.25) is 0 Å². The molecule has 0 bridgehead atoms. The zero-order chi connectivity index (χ0) is 23.8. The minimum atomic E-state index is -1.62. The predicted molar refractivity (Wildman–Crippen MR) is 114 cm³/mol. The Labute approximate surface area is 187 Å². The number of thiazole rings is 1. The average Bonchev–Trinajstić information content (AvgIpc) is 3.15. The maximum Gasteiger partial charge on any atom is 0.271 e.